The van der Waals surface area contributed by atoms with Crippen molar-refractivity contribution in [3.05, 3.63) is 35.6 Å². The lowest BCUT2D eigenvalue weighted by molar-refractivity contribution is 0.0663. The summed E-state index contributed by atoms with van der Waals surface area (Å²) in [5.41, 5.74) is 1.43. The Balaban J connectivity index is 1.60. The summed E-state index contributed by atoms with van der Waals surface area (Å²) in [6, 6.07) is 8.08. The van der Waals surface area contributed by atoms with Crippen LogP contribution < -0.4 is 5.32 Å². The third-order valence-corrected chi connectivity index (χ3v) is 5.17. The first-order valence-corrected chi connectivity index (χ1v) is 7.69. The maximum atomic E-state index is 11.4. The Kier molecular flexibility index (Phi) is 3.00. The molecule has 21 heavy (non-hydrogen) atoms. The van der Waals surface area contributed by atoms with Crippen LogP contribution in [0.3, 0.4) is 0 Å². The first-order valence-electron chi connectivity index (χ1n) is 7.69. The van der Waals surface area contributed by atoms with E-state index in [1.54, 1.807) is 0 Å². The van der Waals surface area contributed by atoms with Crippen molar-refractivity contribution in [2.75, 3.05) is 0 Å². The highest BCUT2D eigenvalue weighted by Gasteiger charge is 2.39. The predicted molar refractivity (Wildman–Crippen MR) is 79.2 cm³/mol. The molecule has 0 amide bonds. The maximum Gasteiger partial charge on any atom is 0.372 e. The second kappa shape index (κ2) is 4.88. The zero-order chi connectivity index (χ0) is 14.4. The monoisotopic (exact) mass is 285 g/mol. The summed E-state index contributed by atoms with van der Waals surface area (Å²) >= 11 is 0. The zero-order valence-corrected chi connectivity index (χ0v) is 11.8. The van der Waals surface area contributed by atoms with Crippen LogP contribution in [0.4, 0.5) is 0 Å². The second-order valence-corrected chi connectivity index (χ2v) is 6.37. The first-order chi connectivity index (χ1) is 10.2. The molecule has 0 spiro atoms. The van der Waals surface area contributed by atoms with Crippen molar-refractivity contribution in [1.82, 2.24) is 5.32 Å². The van der Waals surface area contributed by atoms with Crippen molar-refractivity contribution in [1.29, 1.82) is 0 Å². The third kappa shape index (κ3) is 2.14. The van der Waals surface area contributed by atoms with Crippen LogP contribution in [-0.2, 0) is 6.54 Å². The van der Waals surface area contributed by atoms with Gasteiger partial charge in [-0.15, -0.1) is 0 Å². The van der Waals surface area contributed by atoms with Gasteiger partial charge in [0.2, 0.25) is 5.76 Å². The Morgan fingerprint density at radius 1 is 1.29 bits per heavy atom. The van der Waals surface area contributed by atoms with Crippen LogP contribution in [0.15, 0.2) is 28.7 Å². The largest absolute Gasteiger partial charge is 0.475 e. The van der Waals surface area contributed by atoms with Gasteiger partial charge in [0, 0.05) is 23.5 Å². The lowest BCUT2D eigenvalue weighted by Crippen LogP contribution is -2.33. The van der Waals surface area contributed by atoms with Crippen LogP contribution >= 0.6 is 0 Å². The van der Waals surface area contributed by atoms with Crippen molar-refractivity contribution < 1.29 is 14.3 Å². The summed E-state index contributed by atoms with van der Waals surface area (Å²) in [6.45, 7) is 0.576. The Morgan fingerprint density at radius 2 is 2.14 bits per heavy atom. The normalized spacial score (nSPS) is 27.5. The van der Waals surface area contributed by atoms with E-state index in [-0.39, 0.29) is 5.76 Å². The van der Waals surface area contributed by atoms with E-state index in [0.717, 1.165) is 22.8 Å². The smallest absolute Gasteiger partial charge is 0.372 e. The Bertz CT molecular complexity index is 690. The molecular weight excluding hydrogens is 266 g/mol. The van der Waals surface area contributed by atoms with Gasteiger partial charge in [-0.05, 0) is 37.2 Å². The summed E-state index contributed by atoms with van der Waals surface area (Å²) < 4.78 is 5.50. The number of carbonyl (C=O) groups is 1. The van der Waals surface area contributed by atoms with Gasteiger partial charge in [0.05, 0.1) is 0 Å². The molecule has 110 valence electrons. The van der Waals surface area contributed by atoms with Gasteiger partial charge >= 0.3 is 5.97 Å². The van der Waals surface area contributed by atoms with Gasteiger partial charge in [0.15, 0.2) is 0 Å². The van der Waals surface area contributed by atoms with Crippen LogP contribution in [0, 0.1) is 11.8 Å². The molecule has 0 saturated heterocycles. The fourth-order valence-electron chi connectivity index (χ4n) is 4.17. The van der Waals surface area contributed by atoms with Crippen molar-refractivity contribution in [3.8, 4) is 0 Å². The number of aromatic carboxylic acids is 1. The summed E-state index contributed by atoms with van der Waals surface area (Å²) in [5.74, 6) is 0.747. The van der Waals surface area contributed by atoms with Crippen LogP contribution in [0.1, 0.15) is 41.8 Å². The van der Waals surface area contributed by atoms with Gasteiger partial charge in [-0.3, -0.25) is 0 Å². The standard InChI is InChI=1S/C17H19NO3/c19-17(20)16-13(12-3-1-2-4-15(12)21-16)9-18-14-8-10-5-6-11(14)7-10/h1-4,10-11,14,18H,5-9H2,(H,19,20). The average molecular weight is 285 g/mol. The lowest BCUT2D eigenvalue weighted by Gasteiger charge is -2.22. The molecule has 2 aliphatic carbocycles. The van der Waals surface area contributed by atoms with E-state index in [1.807, 2.05) is 24.3 Å². The molecule has 4 heteroatoms. The fraction of sp³-hybridized carbons (Fsp3) is 0.471. The molecule has 4 rings (SSSR count). The molecule has 0 radical (unpaired) electrons. The fourth-order valence-corrected chi connectivity index (χ4v) is 4.17. The van der Waals surface area contributed by atoms with Gasteiger partial charge in [-0.1, -0.05) is 24.6 Å². The minimum absolute atomic E-state index is 0.0758. The number of carboxylic acid groups (broad SMARTS) is 1. The van der Waals surface area contributed by atoms with E-state index in [0.29, 0.717) is 18.2 Å². The highest BCUT2D eigenvalue weighted by Crippen LogP contribution is 2.44. The highest BCUT2D eigenvalue weighted by atomic mass is 16.4. The number of benzene rings is 1. The number of furan rings is 1. The van der Waals surface area contributed by atoms with Gasteiger partial charge < -0.3 is 14.8 Å². The molecule has 2 aromatic rings. The van der Waals surface area contributed by atoms with Crippen LogP contribution in [0.25, 0.3) is 11.0 Å². The van der Waals surface area contributed by atoms with Crippen molar-refractivity contribution in [2.24, 2.45) is 11.8 Å². The van der Waals surface area contributed by atoms with Gasteiger partial charge in [-0.25, -0.2) is 4.79 Å². The molecule has 2 N–H and O–H groups in total. The zero-order valence-electron chi connectivity index (χ0n) is 11.8. The minimum Gasteiger partial charge on any atom is -0.475 e. The maximum absolute atomic E-state index is 11.4. The molecule has 1 aromatic heterocycles. The molecule has 1 aromatic carbocycles. The molecule has 0 aliphatic heterocycles. The second-order valence-electron chi connectivity index (χ2n) is 6.37. The molecule has 2 fully saturated rings. The summed E-state index contributed by atoms with van der Waals surface area (Å²) in [4.78, 5) is 11.4. The van der Waals surface area contributed by atoms with Crippen LogP contribution in [-0.4, -0.2) is 17.1 Å². The molecule has 3 unspecified atom stereocenters. The van der Waals surface area contributed by atoms with Gasteiger partial charge in [-0.2, -0.15) is 0 Å². The summed E-state index contributed by atoms with van der Waals surface area (Å²) in [7, 11) is 0. The number of hydrogen-bond donors (Lipinski definition) is 2. The predicted octanol–water partition coefficient (Wildman–Crippen LogP) is 3.41. The first kappa shape index (κ1) is 12.9. The number of rotatable bonds is 4. The summed E-state index contributed by atoms with van der Waals surface area (Å²) in [6.07, 6.45) is 5.27. The van der Waals surface area contributed by atoms with Crippen molar-refractivity contribution in [3.63, 3.8) is 0 Å². The van der Waals surface area contributed by atoms with E-state index in [1.165, 1.54) is 25.7 Å². The van der Waals surface area contributed by atoms with E-state index in [4.69, 9.17) is 4.42 Å². The molecule has 3 atom stereocenters. The molecule has 2 saturated carbocycles. The Morgan fingerprint density at radius 3 is 2.86 bits per heavy atom. The number of fused-ring (bicyclic) bond motifs is 3. The molecule has 1 heterocycles. The van der Waals surface area contributed by atoms with E-state index < -0.39 is 5.97 Å². The van der Waals surface area contributed by atoms with Gasteiger partial charge in [0.1, 0.15) is 5.58 Å². The summed E-state index contributed by atoms with van der Waals surface area (Å²) in [5, 5.41) is 13.8. The third-order valence-electron chi connectivity index (χ3n) is 5.17. The number of carboxylic acids is 1. The van der Waals surface area contributed by atoms with E-state index in [2.05, 4.69) is 5.32 Å². The topological polar surface area (TPSA) is 62.5 Å². The average Bonchev–Trinajstić information content (AvgIpc) is 3.18. The number of hydrogen-bond acceptors (Lipinski definition) is 3. The van der Waals surface area contributed by atoms with Crippen LogP contribution in [0.5, 0.6) is 0 Å². The lowest BCUT2D eigenvalue weighted by atomic mass is 9.95. The SMILES string of the molecule is O=C(O)c1oc2ccccc2c1CNC1CC2CCC1C2. The minimum atomic E-state index is -0.990. The van der Waals surface area contributed by atoms with Gasteiger partial charge in [0.25, 0.3) is 0 Å². The van der Waals surface area contributed by atoms with Crippen LogP contribution in [0.2, 0.25) is 0 Å². The molecule has 2 aliphatic rings. The van der Waals surface area contributed by atoms with Crippen molar-refractivity contribution >= 4 is 16.9 Å². The van der Waals surface area contributed by atoms with E-state index >= 15 is 0 Å². The molecular formula is C17H19NO3. The number of nitrogens with one attached hydrogen (secondary N) is 1. The quantitative estimate of drug-likeness (QED) is 0.903. The molecule has 4 nitrogen and oxygen atoms in total. The number of para-hydroxylation sites is 1. The highest BCUT2D eigenvalue weighted by molar-refractivity contribution is 5.95. The molecule has 2 bridgehead atoms. The van der Waals surface area contributed by atoms with Crippen molar-refractivity contribution in [2.45, 2.75) is 38.3 Å². The van der Waals surface area contributed by atoms with E-state index in [9.17, 15) is 9.90 Å². The Hall–Kier alpha value is -1.81. The Labute approximate surface area is 123 Å².